The molecule has 0 saturated heterocycles. The van der Waals surface area contributed by atoms with Gasteiger partial charge in [0.25, 0.3) is 5.56 Å². The highest BCUT2D eigenvalue weighted by atomic mass is 32.2. The van der Waals surface area contributed by atoms with E-state index < -0.39 is 10.0 Å². The summed E-state index contributed by atoms with van der Waals surface area (Å²) in [5, 5.41) is 4.01. The summed E-state index contributed by atoms with van der Waals surface area (Å²) in [4.78, 5) is 16.7. The average molecular weight is 520 g/mol. The summed E-state index contributed by atoms with van der Waals surface area (Å²) < 4.78 is 41.7. The molecule has 0 aliphatic carbocycles. The van der Waals surface area contributed by atoms with Crippen LogP contribution in [0.2, 0.25) is 0 Å². The van der Waals surface area contributed by atoms with Crippen LogP contribution < -0.4 is 15.0 Å². The van der Waals surface area contributed by atoms with Gasteiger partial charge in [0.15, 0.2) is 0 Å². The van der Waals surface area contributed by atoms with E-state index in [1.54, 1.807) is 42.8 Å². The lowest BCUT2D eigenvalue weighted by molar-refractivity contribution is 0.393. The van der Waals surface area contributed by atoms with E-state index in [1.165, 1.54) is 17.1 Å². The molecule has 10 nitrogen and oxygen atoms in total. The first-order valence-corrected chi connectivity index (χ1v) is 13.2. The molecule has 0 amide bonds. The van der Waals surface area contributed by atoms with E-state index >= 15 is 0 Å². The van der Waals surface area contributed by atoms with Crippen molar-refractivity contribution >= 4 is 21.2 Å². The van der Waals surface area contributed by atoms with E-state index in [2.05, 4.69) is 14.9 Å². The van der Waals surface area contributed by atoms with Crippen molar-refractivity contribution in [3.8, 4) is 33.9 Å². The highest BCUT2D eigenvalue weighted by Gasteiger charge is 2.17. The molecule has 0 atom stereocenters. The molecular weight excluding hydrogens is 494 g/mol. The second-order valence-corrected chi connectivity index (χ2v) is 10.6. The second kappa shape index (κ2) is 9.25. The van der Waals surface area contributed by atoms with Crippen LogP contribution in [0.4, 0.5) is 5.69 Å². The molecule has 0 fully saturated rings. The number of nitrogens with one attached hydrogen (secondary N) is 1. The number of imidazole rings is 1. The van der Waals surface area contributed by atoms with Gasteiger partial charge in [0.1, 0.15) is 22.8 Å². The summed E-state index contributed by atoms with van der Waals surface area (Å²) in [5.41, 5.74) is 4.42. The number of hydrogen-bond donors (Lipinski definition) is 1. The van der Waals surface area contributed by atoms with Crippen LogP contribution in [0.15, 0.2) is 70.5 Å². The van der Waals surface area contributed by atoms with Gasteiger partial charge in [-0.05, 0) is 56.7 Å². The molecule has 190 valence electrons. The van der Waals surface area contributed by atoms with Crippen molar-refractivity contribution in [2.75, 3.05) is 10.5 Å². The lowest BCUT2D eigenvalue weighted by Gasteiger charge is -2.16. The van der Waals surface area contributed by atoms with Crippen LogP contribution in [0.1, 0.15) is 18.4 Å². The smallest absolute Gasteiger partial charge is 0.276 e. The van der Waals surface area contributed by atoms with Crippen molar-refractivity contribution in [1.82, 2.24) is 19.1 Å². The van der Waals surface area contributed by atoms with Crippen molar-refractivity contribution in [1.29, 1.82) is 0 Å². The number of aromatic nitrogens is 4. The molecule has 0 bridgehead atoms. The monoisotopic (exact) mass is 519 g/mol. The van der Waals surface area contributed by atoms with Crippen molar-refractivity contribution in [2.24, 2.45) is 7.05 Å². The molecule has 0 radical (unpaired) electrons. The Kier molecular flexibility index (Phi) is 6.08. The molecule has 3 heterocycles. The Balaban J connectivity index is 1.60. The van der Waals surface area contributed by atoms with E-state index in [9.17, 15) is 13.2 Å². The van der Waals surface area contributed by atoms with E-state index in [1.807, 2.05) is 38.1 Å². The molecule has 0 aliphatic rings. The van der Waals surface area contributed by atoms with Crippen molar-refractivity contribution < 1.29 is 17.7 Å². The van der Waals surface area contributed by atoms with Crippen molar-refractivity contribution in [3.05, 3.63) is 83.0 Å². The van der Waals surface area contributed by atoms with Gasteiger partial charge < -0.3 is 13.8 Å². The predicted molar refractivity (Wildman–Crippen MR) is 140 cm³/mol. The second-order valence-electron chi connectivity index (χ2n) is 8.62. The van der Waals surface area contributed by atoms with Crippen LogP contribution in [-0.4, -0.2) is 33.3 Å². The Bertz CT molecular complexity index is 1760. The Morgan fingerprint density at radius 1 is 1.11 bits per heavy atom. The lowest BCUT2D eigenvalue weighted by atomic mass is 10.0. The fourth-order valence-corrected chi connectivity index (χ4v) is 4.81. The van der Waals surface area contributed by atoms with Gasteiger partial charge in [0, 0.05) is 30.1 Å². The predicted octanol–water partition coefficient (Wildman–Crippen LogP) is 4.53. The summed E-state index contributed by atoms with van der Waals surface area (Å²) in [6.07, 6.45) is 4.69. The highest BCUT2D eigenvalue weighted by molar-refractivity contribution is 7.92. The largest absolute Gasteiger partial charge is 0.457 e. The minimum atomic E-state index is -3.50. The summed E-state index contributed by atoms with van der Waals surface area (Å²) in [5.74, 6) is 1.71. The normalized spacial score (nSPS) is 11.7. The zero-order valence-electron chi connectivity index (χ0n) is 20.7. The van der Waals surface area contributed by atoms with E-state index in [0.717, 1.165) is 22.6 Å². The summed E-state index contributed by atoms with van der Waals surface area (Å²) in [7, 11) is -1.85. The number of anilines is 1. The first-order chi connectivity index (χ1) is 17.7. The zero-order chi connectivity index (χ0) is 26.3. The molecule has 0 spiro atoms. The van der Waals surface area contributed by atoms with Gasteiger partial charge >= 0.3 is 0 Å². The van der Waals surface area contributed by atoms with Gasteiger partial charge in [-0.1, -0.05) is 17.3 Å². The van der Waals surface area contributed by atoms with Crippen LogP contribution in [0.25, 0.3) is 27.9 Å². The van der Waals surface area contributed by atoms with Gasteiger partial charge in [0.05, 0.1) is 29.7 Å². The van der Waals surface area contributed by atoms with Gasteiger partial charge in [-0.2, -0.15) is 0 Å². The SMILES string of the molecule is CCS(=O)(=O)Nc1ccc(Oc2ccc(-c3c(C)noc3C)cc2)c(-c2cn(C)c(=O)c3cncn23)c1. The first-order valence-electron chi connectivity index (χ1n) is 11.5. The van der Waals surface area contributed by atoms with Crippen LogP contribution in [0.3, 0.4) is 0 Å². The van der Waals surface area contributed by atoms with Gasteiger partial charge in [0.2, 0.25) is 10.0 Å². The fraction of sp³-hybridized carbons (Fsp3) is 0.192. The maximum Gasteiger partial charge on any atom is 0.276 e. The van der Waals surface area contributed by atoms with Gasteiger partial charge in [-0.15, -0.1) is 0 Å². The Hall–Kier alpha value is -4.38. The van der Waals surface area contributed by atoms with Crippen LogP contribution >= 0.6 is 0 Å². The Morgan fingerprint density at radius 3 is 2.54 bits per heavy atom. The summed E-state index contributed by atoms with van der Waals surface area (Å²) in [6.45, 7) is 5.32. The minimum absolute atomic E-state index is 0.0658. The Labute approximate surface area is 213 Å². The van der Waals surface area contributed by atoms with Gasteiger partial charge in [-0.25, -0.2) is 13.4 Å². The molecule has 1 N–H and O–H groups in total. The molecule has 2 aromatic carbocycles. The average Bonchev–Trinajstić information content (AvgIpc) is 3.50. The molecule has 3 aromatic heterocycles. The standard InChI is InChI=1S/C26H25N5O5S/c1-5-37(33,34)29-19-8-11-24(21(12-19)23-14-30(4)26(32)22-13-27-15-31(22)23)35-20-9-6-18(7-10-20)25-16(2)28-36-17(25)3/h6-15,29H,5H2,1-4H3. The van der Waals surface area contributed by atoms with Crippen LogP contribution in [0, 0.1) is 13.8 Å². The summed E-state index contributed by atoms with van der Waals surface area (Å²) in [6, 6.07) is 12.5. The number of nitrogens with zero attached hydrogens (tertiary/aromatic N) is 4. The van der Waals surface area contributed by atoms with Crippen molar-refractivity contribution in [3.63, 3.8) is 0 Å². The van der Waals surface area contributed by atoms with Gasteiger partial charge in [-0.3, -0.25) is 13.9 Å². The van der Waals surface area contributed by atoms with Crippen LogP contribution in [-0.2, 0) is 17.1 Å². The number of ether oxygens (including phenoxy) is 1. The first kappa shape index (κ1) is 24.3. The Morgan fingerprint density at radius 2 is 1.86 bits per heavy atom. The third-order valence-corrected chi connectivity index (χ3v) is 7.37. The topological polar surface area (TPSA) is 121 Å². The number of benzene rings is 2. The van der Waals surface area contributed by atoms with E-state index in [4.69, 9.17) is 9.26 Å². The third-order valence-electron chi connectivity index (χ3n) is 6.07. The minimum Gasteiger partial charge on any atom is -0.457 e. The maximum absolute atomic E-state index is 12.6. The third kappa shape index (κ3) is 4.60. The van der Waals surface area contributed by atoms with E-state index in [-0.39, 0.29) is 11.3 Å². The number of hydrogen-bond acceptors (Lipinski definition) is 7. The molecule has 11 heteroatoms. The van der Waals surface area contributed by atoms with Crippen LogP contribution in [0.5, 0.6) is 11.5 Å². The number of rotatable bonds is 7. The molecule has 37 heavy (non-hydrogen) atoms. The summed E-state index contributed by atoms with van der Waals surface area (Å²) >= 11 is 0. The zero-order valence-corrected chi connectivity index (χ0v) is 21.5. The number of sulfonamides is 1. The van der Waals surface area contributed by atoms with Crippen molar-refractivity contribution in [2.45, 2.75) is 20.8 Å². The number of fused-ring (bicyclic) bond motifs is 1. The maximum atomic E-state index is 12.6. The van der Waals surface area contributed by atoms with E-state index in [0.29, 0.717) is 34.0 Å². The molecule has 0 aliphatic heterocycles. The fourth-order valence-electron chi connectivity index (χ4n) is 4.18. The molecule has 5 rings (SSSR count). The quantitative estimate of drug-likeness (QED) is 0.335. The molecule has 0 unspecified atom stereocenters. The molecular formula is C26H25N5O5S. The number of aryl methyl sites for hydroxylation is 3. The molecule has 5 aromatic rings. The lowest BCUT2D eigenvalue weighted by Crippen LogP contribution is -2.19. The highest BCUT2D eigenvalue weighted by Crippen LogP contribution is 2.37. The molecule has 0 saturated carbocycles.